The number of nitrogens with zero attached hydrogens (tertiary/aromatic N) is 1. The van der Waals surface area contributed by atoms with Crippen molar-refractivity contribution in [3.05, 3.63) is 29.3 Å². The molecule has 2 N–H and O–H groups in total. The second kappa shape index (κ2) is 6.09. The van der Waals surface area contributed by atoms with Crippen molar-refractivity contribution >= 4 is 11.6 Å². The van der Waals surface area contributed by atoms with E-state index in [1.807, 2.05) is 13.0 Å². The average Bonchev–Trinajstić information content (AvgIpc) is 2.43. The topological polar surface area (TPSA) is 46.3 Å². The maximum Gasteiger partial charge on any atom is 0.222 e. The molecule has 0 saturated heterocycles. The first-order valence-electron chi connectivity index (χ1n) is 7.32. The van der Waals surface area contributed by atoms with Gasteiger partial charge in [0.2, 0.25) is 5.91 Å². The highest BCUT2D eigenvalue weighted by atomic mass is 16.2. The number of nitrogens with two attached hydrogens (primary N) is 1. The minimum absolute atomic E-state index is 0.277. The maximum absolute atomic E-state index is 12.1. The van der Waals surface area contributed by atoms with Crippen molar-refractivity contribution in [2.75, 3.05) is 12.3 Å². The van der Waals surface area contributed by atoms with E-state index in [1.54, 1.807) is 0 Å². The maximum atomic E-state index is 12.1. The van der Waals surface area contributed by atoms with E-state index in [0.717, 1.165) is 37.9 Å². The zero-order valence-corrected chi connectivity index (χ0v) is 12.0. The molecular weight excluding hydrogens is 236 g/mol. The summed E-state index contributed by atoms with van der Waals surface area (Å²) in [5, 5.41) is 0. The molecule has 1 aliphatic carbocycles. The third-order valence-corrected chi connectivity index (χ3v) is 3.96. The van der Waals surface area contributed by atoms with Gasteiger partial charge in [-0.15, -0.1) is 0 Å². The molecule has 0 bridgehead atoms. The Morgan fingerprint density at radius 2 is 2.16 bits per heavy atom. The summed E-state index contributed by atoms with van der Waals surface area (Å²) in [4.78, 5) is 14.2. The third kappa shape index (κ3) is 3.09. The van der Waals surface area contributed by atoms with Crippen molar-refractivity contribution in [1.29, 1.82) is 0 Å². The fourth-order valence-corrected chi connectivity index (χ4v) is 2.98. The van der Waals surface area contributed by atoms with Crippen molar-refractivity contribution in [3.8, 4) is 0 Å². The van der Waals surface area contributed by atoms with Crippen LogP contribution in [0.15, 0.2) is 18.2 Å². The minimum atomic E-state index is 0.277. The van der Waals surface area contributed by atoms with E-state index < -0.39 is 0 Å². The molecule has 2 rings (SSSR count). The molecular formula is C16H24N2O. The standard InChI is InChI=1S/C16H24N2O/c1-3-9-18(16(19)4-2)15-8-6-12-5-7-14(17)10-13(12)11-15/h5,7,10,15H,3-4,6,8-9,11,17H2,1-2H3/t15-/m0/s1. The molecule has 0 aliphatic heterocycles. The fraction of sp³-hybridized carbons (Fsp3) is 0.562. The molecule has 0 saturated carbocycles. The Bertz CT molecular complexity index is 456. The average molecular weight is 260 g/mol. The number of hydrogen-bond donors (Lipinski definition) is 1. The smallest absolute Gasteiger partial charge is 0.222 e. The Balaban J connectivity index is 2.16. The van der Waals surface area contributed by atoms with Crippen LogP contribution in [0.25, 0.3) is 0 Å². The molecule has 1 atom stereocenters. The summed E-state index contributed by atoms with van der Waals surface area (Å²) in [5.41, 5.74) is 9.40. The van der Waals surface area contributed by atoms with E-state index in [4.69, 9.17) is 5.73 Å². The quantitative estimate of drug-likeness (QED) is 0.846. The van der Waals surface area contributed by atoms with Crippen LogP contribution in [0.3, 0.4) is 0 Å². The summed E-state index contributed by atoms with van der Waals surface area (Å²) in [5.74, 6) is 0.277. The van der Waals surface area contributed by atoms with E-state index >= 15 is 0 Å². The van der Waals surface area contributed by atoms with Crippen molar-refractivity contribution < 1.29 is 4.79 Å². The van der Waals surface area contributed by atoms with Gasteiger partial charge in [0, 0.05) is 24.7 Å². The molecule has 0 spiro atoms. The van der Waals surface area contributed by atoms with Crippen LogP contribution in [-0.2, 0) is 17.6 Å². The lowest BCUT2D eigenvalue weighted by Crippen LogP contribution is -2.43. The van der Waals surface area contributed by atoms with Gasteiger partial charge in [-0.1, -0.05) is 19.9 Å². The van der Waals surface area contributed by atoms with Crippen LogP contribution in [0, 0.1) is 0 Å². The largest absolute Gasteiger partial charge is 0.399 e. The van der Waals surface area contributed by atoms with E-state index in [2.05, 4.69) is 24.0 Å². The number of rotatable bonds is 4. The number of fused-ring (bicyclic) bond motifs is 1. The van der Waals surface area contributed by atoms with Crippen molar-refractivity contribution in [2.24, 2.45) is 0 Å². The lowest BCUT2D eigenvalue weighted by Gasteiger charge is -2.35. The van der Waals surface area contributed by atoms with Crippen molar-refractivity contribution in [1.82, 2.24) is 4.90 Å². The first-order valence-corrected chi connectivity index (χ1v) is 7.32. The number of benzene rings is 1. The molecule has 19 heavy (non-hydrogen) atoms. The number of aryl methyl sites for hydroxylation is 1. The number of hydrogen-bond acceptors (Lipinski definition) is 2. The summed E-state index contributed by atoms with van der Waals surface area (Å²) >= 11 is 0. The van der Waals surface area contributed by atoms with Gasteiger partial charge in [-0.25, -0.2) is 0 Å². The number of carbonyl (C=O) groups excluding carboxylic acids is 1. The Labute approximate surface area is 115 Å². The second-order valence-electron chi connectivity index (χ2n) is 5.37. The highest BCUT2D eigenvalue weighted by Crippen LogP contribution is 2.26. The molecule has 0 unspecified atom stereocenters. The number of carbonyl (C=O) groups is 1. The minimum Gasteiger partial charge on any atom is -0.399 e. The van der Waals surface area contributed by atoms with Gasteiger partial charge >= 0.3 is 0 Å². The van der Waals surface area contributed by atoms with Gasteiger partial charge in [-0.2, -0.15) is 0 Å². The van der Waals surface area contributed by atoms with E-state index in [1.165, 1.54) is 11.1 Å². The van der Waals surface area contributed by atoms with Gasteiger partial charge in [-0.05, 0) is 48.9 Å². The highest BCUT2D eigenvalue weighted by Gasteiger charge is 2.26. The molecule has 0 heterocycles. The van der Waals surface area contributed by atoms with Crippen molar-refractivity contribution in [3.63, 3.8) is 0 Å². The van der Waals surface area contributed by atoms with Crippen LogP contribution in [0.5, 0.6) is 0 Å². The zero-order valence-electron chi connectivity index (χ0n) is 12.0. The van der Waals surface area contributed by atoms with Crippen LogP contribution in [0.1, 0.15) is 44.2 Å². The van der Waals surface area contributed by atoms with E-state index in [0.29, 0.717) is 12.5 Å². The van der Waals surface area contributed by atoms with Gasteiger partial charge < -0.3 is 10.6 Å². The molecule has 1 aliphatic rings. The van der Waals surface area contributed by atoms with Crippen LogP contribution in [0.4, 0.5) is 5.69 Å². The zero-order chi connectivity index (χ0) is 13.8. The summed E-state index contributed by atoms with van der Waals surface area (Å²) in [6.45, 7) is 4.94. The van der Waals surface area contributed by atoms with Crippen LogP contribution < -0.4 is 5.73 Å². The van der Waals surface area contributed by atoms with E-state index in [9.17, 15) is 4.79 Å². The molecule has 3 nitrogen and oxygen atoms in total. The number of anilines is 1. The monoisotopic (exact) mass is 260 g/mol. The Morgan fingerprint density at radius 1 is 1.37 bits per heavy atom. The summed E-state index contributed by atoms with van der Waals surface area (Å²) < 4.78 is 0. The van der Waals surface area contributed by atoms with E-state index in [-0.39, 0.29) is 5.91 Å². The predicted molar refractivity (Wildman–Crippen MR) is 79.0 cm³/mol. The van der Waals surface area contributed by atoms with Crippen LogP contribution in [-0.4, -0.2) is 23.4 Å². The summed E-state index contributed by atoms with van der Waals surface area (Å²) in [6.07, 6.45) is 4.69. The molecule has 1 amide bonds. The lowest BCUT2D eigenvalue weighted by atomic mass is 9.87. The highest BCUT2D eigenvalue weighted by molar-refractivity contribution is 5.76. The Kier molecular flexibility index (Phi) is 4.46. The Morgan fingerprint density at radius 3 is 2.84 bits per heavy atom. The Hall–Kier alpha value is -1.51. The van der Waals surface area contributed by atoms with Gasteiger partial charge in [0.05, 0.1) is 0 Å². The van der Waals surface area contributed by atoms with Crippen LogP contribution >= 0.6 is 0 Å². The fourth-order valence-electron chi connectivity index (χ4n) is 2.98. The predicted octanol–water partition coefficient (Wildman–Crippen LogP) is 2.77. The van der Waals surface area contributed by atoms with Crippen LogP contribution in [0.2, 0.25) is 0 Å². The lowest BCUT2D eigenvalue weighted by molar-refractivity contribution is -0.133. The van der Waals surface area contributed by atoms with Gasteiger partial charge in [-0.3, -0.25) is 4.79 Å². The SMILES string of the molecule is CCCN(C(=O)CC)[C@H]1CCc2ccc(N)cc2C1. The molecule has 1 aromatic carbocycles. The first-order chi connectivity index (χ1) is 9.15. The second-order valence-corrected chi connectivity index (χ2v) is 5.37. The molecule has 3 heteroatoms. The van der Waals surface area contributed by atoms with Gasteiger partial charge in [0.25, 0.3) is 0 Å². The summed E-state index contributed by atoms with van der Waals surface area (Å²) in [7, 11) is 0. The third-order valence-electron chi connectivity index (χ3n) is 3.96. The molecule has 0 radical (unpaired) electrons. The molecule has 0 fully saturated rings. The normalized spacial score (nSPS) is 17.9. The molecule has 0 aromatic heterocycles. The first kappa shape index (κ1) is 13.9. The van der Waals surface area contributed by atoms with Crippen molar-refractivity contribution in [2.45, 2.75) is 52.0 Å². The molecule has 1 aromatic rings. The number of nitrogen functional groups attached to an aromatic ring is 1. The summed E-state index contributed by atoms with van der Waals surface area (Å²) in [6, 6.07) is 6.52. The number of amides is 1. The van der Waals surface area contributed by atoms with Gasteiger partial charge in [0.1, 0.15) is 0 Å². The van der Waals surface area contributed by atoms with Gasteiger partial charge in [0.15, 0.2) is 0 Å². The molecule has 104 valence electrons.